The van der Waals surface area contributed by atoms with Gasteiger partial charge in [-0.15, -0.1) is 0 Å². The first-order valence-electron chi connectivity index (χ1n) is 11.3. The van der Waals surface area contributed by atoms with E-state index in [0.717, 1.165) is 62.1 Å². The van der Waals surface area contributed by atoms with E-state index in [2.05, 4.69) is 49.8 Å². The summed E-state index contributed by atoms with van der Waals surface area (Å²) in [6.07, 6.45) is 7.14. The van der Waals surface area contributed by atoms with Crippen LogP contribution < -0.4 is 15.5 Å². The van der Waals surface area contributed by atoms with Crippen molar-refractivity contribution in [1.29, 1.82) is 0 Å². The normalized spacial score (nSPS) is 18.0. The van der Waals surface area contributed by atoms with Crippen LogP contribution in [0.5, 0.6) is 0 Å². The molecule has 0 aliphatic carbocycles. The van der Waals surface area contributed by atoms with E-state index in [9.17, 15) is 9.59 Å². The number of furan rings is 1. The maximum absolute atomic E-state index is 11.8. The molecular formula is C25H25N5O3S. The Balaban J connectivity index is 1.09. The molecule has 2 aliphatic rings. The van der Waals surface area contributed by atoms with Gasteiger partial charge in [0.1, 0.15) is 5.76 Å². The second-order valence-corrected chi connectivity index (χ2v) is 9.38. The van der Waals surface area contributed by atoms with Crippen molar-refractivity contribution in [3.8, 4) is 11.3 Å². The Labute approximate surface area is 201 Å². The molecule has 174 valence electrons. The molecule has 5 rings (SSSR count). The van der Waals surface area contributed by atoms with Crippen molar-refractivity contribution in [3.05, 3.63) is 71.1 Å². The van der Waals surface area contributed by atoms with Crippen LogP contribution in [0, 0.1) is 5.92 Å². The first kappa shape index (κ1) is 22.4. The summed E-state index contributed by atoms with van der Waals surface area (Å²) in [6, 6.07) is 14.1. The second-order valence-electron chi connectivity index (χ2n) is 8.37. The minimum atomic E-state index is -0.378. The molecule has 3 aromatic rings. The van der Waals surface area contributed by atoms with Crippen molar-refractivity contribution in [2.75, 3.05) is 24.5 Å². The number of hydrogen-bond acceptors (Lipinski definition) is 8. The van der Waals surface area contributed by atoms with Gasteiger partial charge in [0.25, 0.3) is 11.1 Å². The maximum atomic E-state index is 11.8. The summed E-state index contributed by atoms with van der Waals surface area (Å²) in [7, 11) is 0. The van der Waals surface area contributed by atoms with Crippen LogP contribution >= 0.6 is 11.8 Å². The zero-order valence-electron chi connectivity index (χ0n) is 18.6. The molecular weight excluding hydrogens is 450 g/mol. The van der Waals surface area contributed by atoms with Crippen LogP contribution in [-0.2, 0) is 11.3 Å². The molecule has 8 nitrogen and oxygen atoms in total. The second kappa shape index (κ2) is 10.2. The molecule has 0 bridgehead atoms. The van der Waals surface area contributed by atoms with Gasteiger partial charge in [-0.05, 0) is 66.9 Å². The number of rotatable bonds is 7. The van der Waals surface area contributed by atoms with Gasteiger partial charge < -0.3 is 14.6 Å². The predicted octanol–water partition coefficient (Wildman–Crippen LogP) is 4.07. The molecule has 0 saturated carbocycles. The van der Waals surface area contributed by atoms with Crippen molar-refractivity contribution in [2.45, 2.75) is 19.4 Å². The van der Waals surface area contributed by atoms with Gasteiger partial charge in [0.2, 0.25) is 5.95 Å². The van der Waals surface area contributed by atoms with Gasteiger partial charge in [-0.2, -0.15) is 0 Å². The van der Waals surface area contributed by atoms with E-state index < -0.39 is 0 Å². The number of amides is 2. The maximum Gasteiger partial charge on any atom is 0.290 e. The highest BCUT2D eigenvalue weighted by Gasteiger charge is 2.25. The van der Waals surface area contributed by atoms with Gasteiger partial charge in [-0.1, -0.05) is 24.3 Å². The minimum Gasteiger partial charge on any atom is -0.464 e. The molecule has 2 amide bonds. The number of thioether (sulfide) groups is 1. The molecule has 0 radical (unpaired) electrons. The highest BCUT2D eigenvalue weighted by atomic mass is 32.2. The number of hydrogen-bond donors (Lipinski definition) is 2. The number of carbonyl (C=O) groups is 2. The predicted molar refractivity (Wildman–Crippen MR) is 132 cm³/mol. The average molecular weight is 476 g/mol. The third-order valence-corrected chi connectivity index (χ3v) is 6.82. The highest BCUT2D eigenvalue weighted by Crippen LogP contribution is 2.26. The first-order valence-corrected chi connectivity index (χ1v) is 12.1. The Bertz CT molecular complexity index is 1190. The third-order valence-electron chi connectivity index (χ3n) is 6.00. The standard InChI is InChI=1S/C25H25N5O3S/c31-23-22(34-25(32)29-23)14-20-7-10-27-24(28-20)30-11-8-18(9-12-30)16-26-15-17-3-5-19(6-4-17)21-2-1-13-33-21/h1-7,10,13-14,18,26H,8-9,11-12,15-16H2,(H,29,31,32)/b22-14-. The number of carbonyl (C=O) groups excluding carboxylic acids is 2. The summed E-state index contributed by atoms with van der Waals surface area (Å²) >= 11 is 0.892. The minimum absolute atomic E-state index is 0.355. The molecule has 2 saturated heterocycles. The van der Waals surface area contributed by atoms with Gasteiger partial charge >= 0.3 is 0 Å². The van der Waals surface area contributed by atoms with Gasteiger partial charge in [0, 0.05) is 31.4 Å². The lowest BCUT2D eigenvalue weighted by Gasteiger charge is -2.32. The van der Waals surface area contributed by atoms with E-state index in [4.69, 9.17) is 4.42 Å². The summed E-state index contributed by atoms with van der Waals surface area (Å²) in [4.78, 5) is 34.7. The third kappa shape index (κ3) is 5.37. The van der Waals surface area contributed by atoms with Crippen LogP contribution in [0.25, 0.3) is 17.4 Å². The molecule has 1 aromatic carbocycles. The Morgan fingerprint density at radius 1 is 1.15 bits per heavy atom. The molecule has 2 fully saturated rings. The highest BCUT2D eigenvalue weighted by molar-refractivity contribution is 8.18. The van der Waals surface area contributed by atoms with E-state index in [1.54, 1.807) is 24.6 Å². The van der Waals surface area contributed by atoms with Gasteiger partial charge in [0.05, 0.1) is 16.9 Å². The zero-order valence-corrected chi connectivity index (χ0v) is 19.4. The van der Waals surface area contributed by atoms with Crippen molar-refractivity contribution >= 4 is 34.9 Å². The number of aromatic nitrogens is 2. The lowest BCUT2D eigenvalue weighted by molar-refractivity contribution is -0.115. The van der Waals surface area contributed by atoms with Crippen molar-refractivity contribution in [2.24, 2.45) is 5.92 Å². The van der Waals surface area contributed by atoms with Crippen LogP contribution in [0.1, 0.15) is 24.1 Å². The Hall–Kier alpha value is -3.43. The molecule has 2 aromatic heterocycles. The van der Waals surface area contributed by atoms with Crippen molar-refractivity contribution in [1.82, 2.24) is 20.6 Å². The Morgan fingerprint density at radius 2 is 1.97 bits per heavy atom. The zero-order chi connectivity index (χ0) is 23.3. The summed E-state index contributed by atoms with van der Waals surface area (Å²) < 4.78 is 5.44. The van der Waals surface area contributed by atoms with Crippen molar-refractivity contribution in [3.63, 3.8) is 0 Å². The number of benzene rings is 1. The summed E-state index contributed by atoms with van der Waals surface area (Å²) in [6.45, 7) is 3.59. The van der Waals surface area contributed by atoms with Crippen molar-refractivity contribution < 1.29 is 14.0 Å². The average Bonchev–Trinajstić information content (AvgIpc) is 3.50. The SMILES string of the molecule is O=C1NC(=O)/C(=C/c2ccnc(N3CCC(CNCc4ccc(-c5ccco5)cc4)CC3)n2)S1. The van der Waals surface area contributed by atoms with Gasteiger partial charge in [-0.3, -0.25) is 14.9 Å². The van der Waals surface area contributed by atoms with Crippen LogP contribution in [-0.4, -0.2) is 40.7 Å². The molecule has 2 aliphatic heterocycles. The largest absolute Gasteiger partial charge is 0.464 e. The van der Waals surface area contributed by atoms with E-state index in [1.807, 2.05) is 12.1 Å². The fraction of sp³-hybridized carbons (Fsp3) is 0.280. The quantitative estimate of drug-likeness (QED) is 0.494. The fourth-order valence-electron chi connectivity index (χ4n) is 4.14. The molecule has 34 heavy (non-hydrogen) atoms. The summed E-state index contributed by atoms with van der Waals surface area (Å²) in [5.74, 6) is 1.77. The van der Waals surface area contributed by atoms with Crippen LogP contribution in [0.2, 0.25) is 0 Å². The Morgan fingerprint density at radius 3 is 2.68 bits per heavy atom. The molecule has 0 spiro atoms. The fourth-order valence-corrected chi connectivity index (χ4v) is 4.80. The number of nitrogens with zero attached hydrogens (tertiary/aromatic N) is 3. The van der Waals surface area contributed by atoms with Crippen LogP contribution in [0.4, 0.5) is 10.7 Å². The molecule has 2 N–H and O–H groups in total. The smallest absolute Gasteiger partial charge is 0.290 e. The number of nitrogens with one attached hydrogen (secondary N) is 2. The van der Waals surface area contributed by atoms with E-state index in [1.165, 1.54) is 5.56 Å². The number of piperidine rings is 1. The molecule has 0 unspecified atom stereocenters. The Kier molecular flexibility index (Phi) is 6.73. The monoisotopic (exact) mass is 475 g/mol. The van der Waals surface area contributed by atoms with E-state index >= 15 is 0 Å². The van der Waals surface area contributed by atoms with E-state index in [0.29, 0.717) is 22.5 Å². The number of anilines is 1. The lowest BCUT2D eigenvalue weighted by atomic mass is 9.97. The van der Waals surface area contributed by atoms with Crippen LogP contribution in [0.15, 0.2) is 64.2 Å². The van der Waals surface area contributed by atoms with Crippen LogP contribution in [0.3, 0.4) is 0 Å². The first-order chi connectivity index (χ1) is 16.6. The summed E-state index contributed by atoms with van der Waals surface area (Å²) in [5, 5.41) is 5.49. The van der Waals surface area contributed by atoms with Gasteiger partial charge in [0.15, 0.2) is 0 Å². The molecule has 9 heteroatoms. The summed E-state index contributed by atoms with van der Waals surface area (Å²) in [5.41, 5.74) is 2.96. The molecule has 0 atom stereocenters. The lowest BCUT2D eigenvalue weighted by Crippen LogP contribution is -2.38. The number of imide groups is 1. The van der Waals surface area contributed by atoms with E-state index in [-0.39, 0.29) is 11.1 Å². The molecule has 4 heterocycles. The van der Waals surface area contributed by atoms with Gasteiger partial charge in [-0.25, -0.2) is 9.97 Å². The topological polar surface area (TPSA) is 100 Å².